The van der Waals surface area contributed by atoms with E-state index in [9.17, 15) is 8.42 Å². The molecule has 0 radical (unpaired) electrons. The number of ether oxygens (including phenoxy) is 4. The van der Waals surface area contributed by atoms with Gasteiger partial charge in [0.2, 0.25) is 11.8 Å². The van der Waals surface area contributed by atoms with E-state index < -0.39 is 15.9 Å². The van der Waals surface area contributed by atoms with E-state index in [0.29, 0.717) is 11.8 Å². The monoisotopic (exact) mass is 452 g/mol. The van der Waals surface area contributed by atoms with Crippen LogP contribution in [0.4, 0.5) is 0 Å². The van der Waals surface area contributed by atoms with Crippen molar-refractivity contribution in [3.8, 4) is 0 Å². The number of hydrogen-bond donors (Lipinski definition) is 0. The lowest BCUT2D eigenvalue weighted by molar-refractivity contribution is -0.0458. The maximum atomic E-state index is 13.2. The molecule has 3 rings (SSSR count). The van der Waals surface area contributed by atoms with Gasteiger partial charge in [0.1, 0.15) is 18.9 Å². The lowest BCUT2D eigenvalue weighted by atomic mass is 9.93. The number of rotatable bonds is 9. The average Bonchev–Trinajstić information content (AvgIpc) is 3.55. The molecule has 0 N–H and O–H groups in total. The molecule has 31 heavy (non-hydrogen) atoms. The van der Waals surface area contributed by atoms with Crippen molar-refractivity contribution in [3.05, 3.63) is 30.3 Å². The van der Waals surface area contributed by atoms with E-state index in [2.05, 4.69) is 0 Å². The Kier molecular flexibility index (Phi) is 7.72. The molecular formula is C22H32N2O6S. The highest BCUT2D eigenvalue weighted by molar-refractivity contribution is 7.91. The van der Waals surface area contributed by atoms with Gasteiger partial charge in [-0.1, -0.05) is 32.0 Å². The maximum Gasteiger partial charge on any atom is 0.209 e. The topological polar surface area (TPSA) is 95.8 Å². The van der Waals surface area contributed by atoms with Crippen LogP contribution < -0.4 is 0 Å². The third-order valence-electron chi connectivity index (χ3n) is 5.74. The molecule has 1 aliphatic heterocycles. The summed E-state index contributed by atoms with van der Waals surface area (Å²) in [6.45, 7) is 4.23. The Morgan fingerprint density at radius 3 is 2.19 bits per heavy atom. The first-order chi connectivity index (χ1) is 14.8. The van der Waals surface area contributed by atoms with Crippen LogP contribution in [-0.2, 0) is 28.8 Å². The van der Waals surface area contributed by atoms with Crippen molar-refractivity contribution in [1.82, 2.24) is 0 Å². The molecule has 9 heteroatoms. The molecule has 2 aliphatic rings. The van der Waals surface area contributed by atoms with Gasteiger partial charge in [-0.05, 0) is 30.4 Å². The summed E-state index contributed by atoms with van der Waals surface area (Å²) in [5.41, 5.74) is 0. The molecular weight excluding hydrogens is 420 g/mol. The lowest BCUT2D eigenvalue weighted by Crippen LogP contribution is -2.43. The molecule has 172 valence electrons. The molecule has 1 fully saturated rings. The summed E-state index contributed by atoms with van der Waals surface area (Å²) in [6.07, 6.45) is 0.648. The molecule has 1 aliphatic carbocycles. The van der Waals surface area contributed by atoms with E-state index in [0.717, 1.165) is 6.42 Å². The number of benzene rings is 1. The standard InChI is InChI=1S/C22H32N2O6S/c1-14(2)19-21(28-4)24-20(22(23-19)29-5)17(16-11-18(16)30-13-27-3)12-31(25,26)15-9-7-6-8-10-15/h6-10,14,16-20H,11-13H2,1-5H3/t16-,17+,18+,19+,20-/m0/s1. The van der Waals surface area contributed by atoms with Crippen molar-refractivity contribution >= 4 is 21.6 Å². The van der Waals surface area contributed by atoms with Crippen molar-refractivity contribution in [1.29, 1.82) is 0 Å². The molecule has 0 bridgehead atoms. The van der Waals surface area contributed by atoms with Gasteiger partial charge in [-0.15, -0.1) is 0 Å². The van der Waals surface area contributed by atoms with Crippen molar-refractivity contribution < 1.29 is 27.4 Å². The molecule has 0 aromatic heterocycles. The predicted octanol–water partition coefficient (Wildman–Crippen LogP) is 2.58. The van der Waals surface area contributed by atoms with Gasteiger partial charge < -0.3 is 18.9 Å². The fourth-order valence-electron chi connectivity index (χ4n) is 4.01. The summed E-state index contributed by atoms with van der Waals surface area (Å²) in [7, 11) is 1.12. The largest absolute Gasteiger partial charge is 0.483 e. The van der Waals surface area contributed by atoms with Crippen LogP contribution in [0.15, 0.2) is 45.2 Å². The lowest BCUT2D eigenvalue weighted by Gasteiger charge is -2.31. The van der Waals surface area contributed by atoms with E-state index in [1.165, 1.54) is 0 Å². The number of methoxy groups -OCH3 is 3. The summed E-state index contributed by atoms with van der Waals surface area (Å²) < 4.78 is 48.3. The average molecular weight is 453 g/mol. The van der Waals surface area contributed by atoms with Crippen LogP contribution in [-0.4, -0.2) is 72.3 Å². The Morgan fingerprint density at radius 1 is 1.00 bits per heavy atom. The SMILES string of the molecule is COCO[C@@H]1C[C@H]1[C@@H](CS(=O)(=O)c1ccccc1)[C@@H]1N=C(OC)[C@@H](C(C)C)N=C1OC. The molecule has 1 aromatic carbocycles. The molecule has 1 heterocycles. The first-order valence-corrected chi connectivity index (χ1v) is 12.1. The second kappa shape index (κ2) is 10.1. The van der Waals surface area contributed by atoms with Crippen LogP contribution in [0.3, 0.4) is 0 Å². The van der Waals surface area contributed by atoms with Gasteiger partial charge in [0, 0.05) is 13.0 Å². The quantitative estimate of drug-likeness (QED) is 0.535. The van der Waals surface area contributed by atoms with Crippen molar-refractivity contribution in [2.45, 2.75) is 43.4 Å². The Labute approximate surface area is 184 Å². The molecule has 0 saturated heterocycles. The molecule has 5 atom stereocenters. The summed E-state index contributed by atoms with van der Waals surface area (Å²) >= 11 is 0. The first-order valence-electron chi connectivity index (χ1n) is 10.4. The van der Waals surface area contributed by atoms with Gasteiger partial charge in [0.15, 0.2) is 9.84 Å². The van der Waals surface area contributed by atoms with E-state index in [1.54, 1.807) is 51.7 Å². The van der Waals surface area contributed by atoms with E-state index in [-0.39, 0.29) is 47.3 Å². The zero-order valence-electron chi connectivity index (χ0n) is 18.7. The zero-order chi connectivity index (χ0) is 22.6. The van der Waals surface area contributed by atoms with Gasteiger partial charge in [-0.2, -0.15) is 0 Å². The van der Waals surface area contributed by atoms with Gasteiger partial charge in [0.25, 0.3) is 0 Å². The summed E-state index contributed by atoms with van der Waals surface area (Å²) in [6, 6.07) is 7.65. The minimum atomic E-state index is -3.55. The van der Waals surface area contributed by atoms with Crippen molar-refractivity contribution in [2.24, 2.45) is 27.7 Å². The zero-order valence-corrected chi connectivity index (χ0v) is 19.5. The minimum Gasteiger partial charge on any atom is -0.483 e. The minimum absolute atomic E-state index is 0.00329. The highest BCUT2D eigenvalue weighted by atomic mass is 32.2. The van der Waals surface area contributed by atoms with Crippen LogP contribution >= 0.6 is 0 Å². The van der Waals surface area contributed by atoms with E-state index in [4.69, 9.17) is 28.9 Å². The van der Waals surface area contributed by atoms with Gasteiger partial charge in [-0.3, -0.25) is 0 Å². The molecule has 0 spiro atoms. The Bertz CT molecular complexity index is 900. The fraction of sp³-hybridized carbons (Fsp3) is 0.636. The highest BCUT2D eigenvalue weighted by Gasteiger charge is 2.51. The molecule has 8 nitrogen and oxygen atoms in total. The number of nitrogens with zero attached hydrogens (tertiary/aromatic N) is 2. The number of aliphatic imine (C=N–C) groups is 2. The number of sulfone groups is 1. The Balaban J connectivity index is 1.94. The van der Waals surface area contributed by atoms with Crippen LogP contribution in [0, 0.1) is 17.8 Å². The molecule has 1 aromatic rings. The van der Waals surface area contributed by atoms with Crippen LogP contribution in [0.25, 0.3) is 0 Å². The maximum absolute atomic E-state index is 13.2. The first kappa shape index (κ1) is 23.7. The van der Waals surface area contributed by atoms with Crippen molar-refractivity contribution in [3.63, 3.8) is 0 Å². The normalized spacial score (nSPS) is 26.8. The molecule has 0 amide bonds. The second-order valence-corrected chi connectivity index (χ2v) is 10.3. The summed E-state index contributed by atoms with van der Waals surface area (Å²) in [5.74, 6) is 0.632. The van der Waals surface area contributed by atoms with Gasteiger partial charge >= 0.3 is 0 Å². The third kappa shape index (κ3) is 5.45. The van der Waals surface area contributed by atoms with Crippen LogP contribution in [0.1, 0.15) is 20.3 Å². The third-order valence-corrected chi connectivity index (χ3v) is 7.55. The second-order valence-electron chi connectivity index (χ2n) is 8.25. The summed E-state index contributed by atoms with van der Waals surface area (Å²) in [5, 5.41) is 0. The summed E-state index contributed by atoms with van der Waals surface area (Å²) in [4.78, 5) is 9.82. The fourth-order valence-corrected chi connectivity index (χ4v) is 5.71. The van der Waals surface area contributed by atoms with E-state index >= 15 is 0 Å². The smallest absolute Gasteiger partial charge is 0.209 e. The van der Waals surface area contributed by atoms with Crippen molar-refractivity contribution in [2.75, 3.05) is 33.9 Å². The highest BCUT2D eigenvalue weighted by Crippen LogP contribution is 2.44. The molecule has 0 unspecified atom stereocenters. The van der Waals surface area contributed by atoms with Crippen LogP contribution in [0.2, 0.25) is 0 Å². The Hall–Kier alpha value is -1.97. The van der Waals surface area contributed by atoms with Gasteiger partial charge in [-0.25, -0.2) is 18.4 Å². The molecule has 1 saturated carbocycles. The Morgan fingerprint density at radius 2 is 1.61 bits per heavy atom. The predicted molar refractivity (Wildman–Crippen MR) is 118 cm³/mol. The van der Waals surface area contributed by atoms with E-state index in [1.807, 2.05) is 13.8 Å². The van der Waals surface area contributed by atoms with Crippen LogP contribution in [0.5, 0.6) is 0 Å². The van der Waals surface area contributed by atoms with Gasteiger partial charge in [0.05, 0.1) is 31.0 Å². The number of hydrogen-bond acceptors (Lipinski definition) is 8.